The molecule has 4 nitrogen and oxygen atoms in total. The molecule has 1 aromatic rings. The summed E-state index contributed by atoms with van der Waals surface area (Å²) in [6, 6.07) is 4.10. The summed E-state index contributed by atoms with van der Waals surface area (Å²) in [6.07, 6.45) is 1.54. The summed E-state index contributed by atoms with van der Waals surface area (Å²) in [5.41, 5.74) is -0.0405. The van der Waals surface area contributed by atoms with Crippen LogP contribution in [0.1, 0.15) is 29.6 Å². The van der Waals surface area contributed by atoms with Crippen LogP contribution in [0.3, 0.4) is 0 Å². The highest BCUT2D eigenvalue weighted by Gasteiger charge is 2.31. The maximum absolute atomic E-state index is 13.6. The Morgan fingerprint density at radius 3 is 2.68 bits per heavy atom. The summed E-state index contributed by atoms with van der Waals surface area (Å²) in [5, 5.41) is 11.6. The van der Waals surface area contributed by atoms with Crippen molar-refractivity contribution in [2.75, 3.05) is 0 Å². The average Bonchev–Trinajstić information content (AvgIpc) is 2.77. The van der Waals surface area contributed by atoms with Crippen molar-refractivity contribution in [3.05, 3.63) is 34.1 Å². The van der Waals surface area contributed by atoms with E-state index in [1.807, 2.05) is 0 Å². The summed E-state index contributed by atoms with van der Waals surface area (Å²) in [7, 11) is 0. The lowest BCUT2D eigenvalue weighted by Gasteiger charge is -2.13. The van der Waals surface area contributed by atoms with E-state index < -0.39 is 23.6 Å². The lowest BCUT2D eigenvalue weighted by Crippen LogP contribution is -2.34. The van der Waals surface area contributed by atoms with Gasteiger partial charge in [0.1, 0.15) is 5.82 Å². The number of halogens is 2. The molecule has 1 amide bonds. The average molecular weight is 330 g/mol. The Hall–Kier alpha value is -1.43. The first kappa shape index (κ1) is 14.0. The van der Waals surface area contributed by atoms with E-state index in [0.29, 0.717) is 23.7 Å². The number of nitrogens with one attached hydrogen (secondary N) is 1. The highest BCUT2D eigenvalue weighted by Crippen LogP contribution is 2.27. The molecule has 2 rings (SSSR count). The van der Waals surface area contributed by atoms with Gasteiger partial charge in [0.2, 0.25) is 0 Å². The van der Waals surface area contributed by atoms with E-state index in [0.717, 1.165) is 0 Å². The van der Waals surface area contributed by atoms with Gasteiger partial charge in [-0.3, -0.25) is 9.59 Å². The first-order valence-corrected chi connectivity index (χ1v) is 6.76. The van der Waals surface area contributed by atoms with Crippen LogP contribution >= 0.6 is 15.9 Å². The second-order valence-corrected chi connectivity index (χ2v) is 5.47. The van der Waals surface area contributed by atoms with Crippen LogP contribution in [-0.2, 0) is 4.79 Å². The van der Waals surface area contributed by atoms with Crippen LogP contribution in [0.5, 0.6) is 0 Å². The predicted octanol–water partition coefficient (Wildman–Crippen LogP) is 2.57. The van der Waals surface area contributed by atoms with E-state index in [1.54, 1.807) is 6.07 Å². The quantitative estimate of drug-likeness (QED) is 0.895. The predicted molar refractivity (Wildman–Crippen MR) is 70.3 cm³/mol. The Labute approximate surface area is 118 Å². The number of amides is 1. The Kier molecular flexibility index (Phi) is 4.19. The van der Waals surface area contributed by atoms with Gasteiger partial charge in [0.05, 0.1) is 11.5 Å². The molecule has 0 aliphatic heterocycles. The molecule has 102 valence electrons. The van der Waals surface area contributed by atoms with Crippen molar-refractivity contribution < 1.29 is 19.1 Å². The van der Waals surface area contributed by atoms with Gasteiger partial charge >= 0.3 is 5.97 Å². The Balaban J connectivity index is 2.05. The lowest BCUT2D eigenvalue weighted by atomic mass is 10.1. The van der Waals surface area contributed by atoms with Crippen molar-refractivity contribution in [1.29, 1.82) is 0 Å². The molecule has 0 bridgehead atoms. The zero-order valence-corrected chi connectivity index (χ0v) is 11.6. The normalized spacial score (nSPS) is 22.2. The first-order chi connectivity index (χ1) is 8.99. The molecule has 0 spiro atoms. The summed E-state index contributed by atoms with van der Waals surface area (Å²) in [6.45, 7) is 0. The second kappa shape index (κ2) is 5.69. The summed E-state index contributed by atoms with van der Waals surface area (Å²) < 4.78 is 14.0. The molecule has 1 saturated carbocycles. The SMILES string of the molecule is O=C(N[C@H]1CC[C@@H](C(=O)O)C1)c1c(F)cccc1Br. The molecule has 0 radical (unpaired) electrons. The number of aliphatic carboxylic acids is 1. The van der Waals surface area contributed by atoms with E-state index >= 15 is 0 Å². The van der Waals surface area contributed by atoms with E-state index in [2.05, 4.69) is 21.2 Å². The zero-order chi connectivity index (χ0) is 14.0. The molecule has 0 unspecified atom stereocenters. The maximum atomic E-state index is 13.6. The van der Waals surface area contributed by atoms with Gasteiger partial charge in [-0.25, -0.2) is 4.39 Å². The molecule has 19 heavy (non-hydrogen) atoms. The third-order valence-corrected chi connectivity index (χ3v) is 3.97. The van der Waals surface area contributed by atoms with Gasteiger partial charge in [-0.05, 0) is 47.3 Å². The fourth-order valence-electron chi connectivity index (χ4n) is 2.31. The standard InChI is InChI=1S/C13H13BrFNO3/c14-9-2-1-3-10(15)11(9)12(17)16-8-5-4-7(6-8)13(18)19/h1-3,7-8H,4-6H2,(H,16,17)(H,18,19)/t7-,8+/m1/s1. The van der Waals surface area contributed by atoms with Gasteiger partial charge in [0, 0.05) is 10.5 Å². The minimum Gasteiger partial charge on any atom is -0.481 e. The molecule has 1 aliphatic rings. The minimum atomic E-state index is -0.844. The van der Waals surface area contributed by atoms with Crippen molar-refractivity contribution in [1.82, 2.24) is 5.32 Å². The van der Waals surface area contributed by atoms with E-state index in [1.165, 1.54) is 12.1 Å². The largest absolute Gasteiger partial charge is 0.481 e. The molecular formula is C13H13BrFNO3. The van der Waals surface area contributed by atoms with Gasteiger partial charge in [-0.15, -0.1) is 0 Å². The van der Waals surface area contributed by atoms with Crippen molar-refractivity contribution in [2.24, 2.45) is 5.92 Å². The van der Waals surface area contributed by atoms with Gasteiger partial charge in [0.25, 0.3) is 5.91 Å². The van der Waals surface area contributed by atoms with Gasteiger partial charge in [-0.2, -0.15) is 0 Å². The lowest BCUT2D eigenvalue weighted by molar-refractivity contribution is -0.141. The third kappa shape index (κ3) is 3.12. The fourth-order valence-corrected chi connectivity index (χ4v) is 2.83. The fraction of sp³-hybridized carbons (Fsp3) is 0.385. The minimum absolute atomic E-state index is 0.0405. The number of carbonyl (C=O) groups excluding carboxylic acids is 1. The monoisotopic (exact) mass is 329 g/mol. The van der Waals surface area contributed by atoms with Crippen molar-refractivity contribution in [3.8, 4) is 0 Å². The highest BCUT2D eigenvalue weighted by molar-refractivity contribution is 9.10. The molecule has 2 N–H and O–H groups in total. The van der Waals surface area contributed by atoms with Crippen LogP contribution in [0.4, 0.5) is 4.39 Å². The molecule has 0 aromatic heterocycles. The smallest absolute Gasteiger partial charge is 0.306 e. The zero-order valence-electron chi connectivity index (χ0n) is 10.0. The number of rotatable bonds is 3. The molecule has 1 aromatic carbocycles. The van der Waals surface area contributed by atoms with Crippen LogP contribution in [0.2, 0.25) is 0 Å². The van der Waals surface area contributed by atoms with Crippen LogP contribution in [0.25, 0.3) is 0 Å². The molecule has 1 fully saturated rings. The van der Waals surface area contributed by atoms with Gasteiger partial charge in [-0.1, -0.05) is 6.07 Å². The molecular weight excluding hydrogens is 317 g/mol. The first-order valence-electron chi connectivity index (χ1n) is 5.96. The Morgan fingerprint density at radius 2 is 2.11 bits per heavy atom. The van der Waals surface area contributed by atoms with Gasteiger partial charge < -0.3 is 10.4 Å². The number of carbonyl (C=O) groups is 2. The molecule has 2 atom stereocenters. The molecule has 6 heteroatoms. The van der Waals surface area contributed by atoms with E-state index in [9.17, 15) is 14.0 Å². The van der Waals surface area contributed by atoms with Crippen molar-refractivity contribution >= 4 is 27.8 Å². The van der Waals surface area contributed by atoms with E-state index in [-0.39, 0.29) is 11.6 Å². The van der Waals surface area contributed by atoms with Crippen LogP contribution in [0, 0.1) is 11.7 Å². The summed E-state index contributed by atoms with van der Waals surface area (Å²) in [4.78, 5) is 22.8. The van der Waals surface area contributed by atoms with Crippen molar-refractivity contribution in [3.63, 3.8) is 0 Å². The number of benzene rings is 1. The van der Waals surface area contributed by atoms with Gasteiger partial charge in [0.15, 0.2) is 0 Å². The Morgan fingerprint density at radius 1 is 1.37 bits per heavy atom. The third-order valence-electron chi connectivity index (χ3n) is 3.31. The van der Waals surface area contributed by atoms with Crippen molar-refractivity contribution in [2.45, 2.75) is 25.3 Å². The maximum Gasteiger partial charge on any atom is 0.306 e. The van der Waals surface area contributed by atoms with Crippen LogP contribution in [-0.4, -0.2) is 23.0 Å². The summed E-state index contributed by atoms with van der Waals surface area (Å²) >= 11 is 3.14. The number of hydrogen-bond acceptors (Lipinski definition) is 2. The molecule has 0 heterocycles. The molecule has 1 aliphatic carbocycles. The van der Waals surface area contributed by atoms with E-state index in [4.69, 9.17) is 5.11 Å². The topological polar surface area (TPSA) is 66.4 Å². The highest BCUT2D eigenvalue weighted by atomic mass is 79.9. The molecule has 0 saturated heterocycles. The van der Waals surface area contributed by atoms with Crippen LogP contribution in [0.15, 0.2) is 22.7 Å². The Bertz CT molecular complexity index is 500. The summed E-state index contributed by atoms with van der Waals surface area (Å²) in [5.74, 6) is -2.38. The number of hydrogen-bond donors (Lipinski definition) is 2. The van der Waals surface area contributed by atoms with Crippen LogP contribution < -0.4 is 5.32 Å². The number of carboxylic acid groups (broad SMARTS) is 1. The second-order valence-electron chi connectivity index (χ2n) is 4.62. The number of carboxylic acids is 1.